The highest BCUT2D eigenvalue weighted by atomic mass is 32.1. The lowest BCUT2D eigenvalue weighted by molar-refractivity contribution is 0.660. The molecular formula is C59H43NS. The minimum atomic E-state index is -0.366. The van der Waals surface area contributed by atoms with E-state index in [2.05, 4.69) is 232 Å². The number of hydrogen-bond donors (Lipinski definition) is 0. The minimum absolute atomic E-state index is 0.123. The first kappa shape index (κ1) is 35.9. The second-order valence-corrected chi connectivity index (χ2v) is 18.5. The molecule has 61 heavy (non-hydrogen) atoms. The molecule has 0 saturated heterocycles. The van der Waals surface area contributed by atoms with Gasteiger partial charge in [0.05, 0.1) is 0 Å². The number of benzene rings is 9. The van der Waals surface area contributed by atoms with Crippen molar-refractivity contribution in [3.05, 3.63) is 234 Å². The Morgan fingerprint density at radius 3 is 1.75 bits per heavy atom. The summed E-state index contributed by atoms with van der Waals surface area (Å²) in [7, 11) is 0. The number of nitrogens with zero attached hydrogens (tertiary/aromatic N) is 1. The molecule has 2 heteroatoms. The maximum Gasteiger partial charge on any atom is 0.0465 e. The van der Waals surface area contributed by atoms with Crippen molar-refractivity contribution in [3.8, 4) is 44.5 Å². The molecule has 0 saturated carbocycles. The average molecular weight is 798 g/mol. The highest BCUT2D eigenvalue weighted by Crippen LogP contribution is 2.57. The first-order chi connectivity index (χ1) is 29.9. The maximum absolute atomic E-state index is 2.48. The molecule has 0 bridgehead atoms. The van der Waals surface area contributed by atoms with Crippen LogP contribution in [0, 0.1) is 0 Å². The van der Waals surface area contributed by atoms with E-state index in [-0.39, 0.29) is 10.8 Å². The normalized spacial score (nSPS) is 15.7. The van der Waals surface area contributed by atoms with Crippen molar-refractivity contribution in [3.63, 3.8) is 0 Å². The molecule has 9 aromatic carbocycles. The van der Waals surface area contributed by atoms with Crippen molar-refractivity contribution in [2.75, 3.05) is 4.90 Å². The highest BCUT2D eigenvalue weighted by molar-refractivity contribution is 7.25. The molecule has 10 aromatic rings. The molecule has 290 valence electrons. The minimum Gasteiger partial charge on any atom is -0.310 e. The summed E-state index contributed by atoms with van der Waals surface area (Å²) in [4.78, 5) is 2.48. The van der Waals surface area contributed by atoms with Gasteiger partial charge in [0.25, 0.3) is 0 Å². The summed E-state index contributed by atoms with van der Waals surface area (Å²) in [5.74, 6) is 0. The fourth-order valence-corrected chi connectivity index (χ4v) is 11.8. The molecule has 2 aliphatic carbocycles. The summed E-state index contributed by atoms with van der Waals surface area (Å²) in [5, 5.41) is 2.66. The van der Waals surface area contributed by atoms with Gasteiger partial charge in [0, 0.05) is 48.1 Å². The zero-order valence-corrected chi connectivity index (χ0v) is 35.3. The zero-order chi connectivity index (χ0) is 40.9. The van der Waals surface area contributed by atoms with Crippen LogP contribution in [0.2, 0.25) is 0 Å². The lowest BCUT2D eigenvalue weighted by Gasteiger charge is -2.31. The van der Waals surface area contributed by atoms with Crippen molar-refractivity contribution < 1.29 is 0 Å². The molecule has 1 unspecified atom stereocenters. The molecule has 0 spiro atoms. The highest BCUT2D eigenvalue weighted by Gasteiger charge is 2.42. The quantitative estimate of drug-likeness (QED) is 0.162. The molecule has 12 rings (SSSR count). The van der Waals surface area contributed by atoms with Crippen LogP contribution in [0.5, 0.6) is 0 Å². The molecule has 0 fully saturated rings. The van der Waals surface area contributed by atoms with Crippen molar-refractivity contribution in [1.82, 2.24) is 0 Å². The van der Waals surface area contributed by atoms with E-state index in [1.54, 1.807) is 0 Å². The van der Waals surface area contributed by atoms with E-state index >= 15 is 0 Å². The van der Waals surface area contributed by atoms with Crippen LogP contribution in [0.4, 0.5) is 17.1 Å². The van der Waals surface area contributed by atoms with Gasteiger partial charge in [-0.1, -0.05) is 172 Å². The molecule has 0 aliphatic heterocycles. The standard InChI is InChI=1S/C59H43NS/c1-58(2)51-22-12-10-19-46(51)47-33-30-43(36-53(47)58)60(42-28-25-38(26-29-42)40-27-32-49-48-20-11-13-24-55(48)61-56(49)35-40)44-31-34-50-54(37-44)59(3,41-17-8-5-9-18-41)52-23-14-21-45(57(50)52)39-15-6-4-7-16-39/h4-37H,1-3H3. The van der Waals surface area contributed by atoms with Gasteiger partial charge in [-0.2, -0.15) is 0 Å². The van der Waals surface area contributed by atoms with E-state index in [1.165, 1.54) is 92.5 Å². The predicted octanol–water partition coefficient (Wildman–Crippen LogP) is 16.5. The molecule has 1 heterocycles. The van der Waals surface area contributed by atoms with Crippen LogP contribution >= 0.6 is 11.3 Å². The summed E-state index contributed by atoms with van der Waals surface area (Å²) >= 11 is 1.87. The van der Waals surface area contributed by atoms with Crippen molar-refractivity contribution in [2.45, 2.75) is 31.6 Å². The van der Waals surface area contributed by atoms with Crippen LogP contribution in [0.15, 0.2) is 206 Å². The van der Waals surface area contributed by atoms with Gasteiger partial charge in [-0.3, -0.25) is 0 Å². The van der Waals surface area contributed by atoms with Crippen molar-refractivity contribution in [1.29, 1.82) is 0 Å². The van der Waals surface area contributed by atoms with E-state index < -0.39 is 0 Å². The number of fused-ring (bicyclic) bond motifs is 9. The van der Waals surface area contributed by atoms with Crippen LogP contribution in [0.25, 0.3) is 64.7 Å². The average Bonchev–Trinajstić information content (AvgIpc) is 3.90. The van der Waals surface area contributed by atoms with Crippen LogP contribution in [-0.2, 0) is 10.8 Å². The summed E-state index contributed by atoms with van der Waals surface area (Å²) < 4.78 is 2.65. The summed E-state index contributed by atoms with van der Waals surface area (Å²) in [6.45, 7) is 7.17. The molecule has 0 amide bonds. The molecular weight excluding hydrogens is 755 g/mol. The molecule has 0 N–H and O–H groups in total. The van der Waals surface area contributed by atoms with E-state index in [9.17, 15) is 0 Å². The van der Waals surface area contributed by atoms with Crippen LogP contribution in [0.3, 0.4) is 0 Å². The Morgan fingerprint density at radius 2 is 0.951 bits per heavy atom. The summed E-state index contributed by atoms with van der Waals surface area (Å²) in [5.41, 5.74) is 19.9. The molecule has 1 atom stereocenters. The Kier molecular flexibility index (Phi) is 7.95. The molecule has 2 aliphatic rings. The fraction of sp³-hybridized carbons (Fsp3) is 0.0847. The first-order valence-electron chi connectivity index (χ1n) is 21.3. The van der Waals surface area contributed by atoms with Gasteiger partial charge >= 0.3 is 0 Å². The van der Waals surface area contributed by atoms with Gasteiger partial charge in [0.1, 0.15) is 0 Å². The summed E-state index contributed by atoms with van der Waals surface area (Å²) in [6, 6.07) is 77.0. The van der Waals surface area contributed by atoms with Gasteiger partial charge < -0.3 is 4.90 Å². The predicted molar refractivity (Wildman–Crippen MR) is 260 cm³/mol. The smallest absolute Gasteiger partial charge is 0.0465 e. The third-order valence-electron chi connectivity index (χ3n) is 13.8. The lowest BCUT2D eigenvalue weighted by atomic mass is 9.74. The van der Waals surface area contributed by atoms with Gasteiger partial charge in [0.15, 0.2) is 0 Å². The topological polar surface area (TPSA) is 3.24 Å². The maximum atomic E-state index is 2.48. The monoisotopic (exact) mass is 797 g/mol. The summed E-state index contributed by atoms with van der Waals surface area (Å²) in [6.07, 6.45) is 0. The molecule has 0 radical (unpaired) electrons. The van der Waals surface area contributed by atoms with E-state index in [0.29, 0.717) is 0 Å². The van der Waals surface area contributed by atoms with Gasteiger partial charge in [-0.25, -0.2) is 0 Å². The van der Waals surface area contributed by atoms with Crippen LogP contribution in [-0.4, -0.2) is 0 Å². The Bertz CT molecular complexity index is 3340. The number of anilines is 3. The molecule has 1 nitrogen and oxygen atoms in total. The lowest BCUT2D eigenvalue weighted by Crippen LogP contribution is -2.23. The Balaban J connectivity index is 1.04. The third kappa shape index (κ3) is 5.38. The Morgan fingerprint density at radius 1 is 0.361 bits per heavy atom. The van der Waals surface area contributed by atoms with Gasteiger partial charge in [-0.15, -0.1) is 11.3 Å². The van der Waals surface area contributed by atoms with E-state index in [1.807, 2.05) is 11.3 Å². The second kappa shape index (κ2) is 13.5. The third-order valence-corrected chi connectivity index (χ3v) is 14.9. The second-order valence-electron chi connectivity index (χ2n) is 17.4. The van der Waals surface area contributed by atoms with Gasteiger partial charge in [-0.05, 0) is 128 Å². The van der Waals surface area contributed by atoms with Gasteiger partial charge in [0.2, 0.25) is 0 Å². The van der Waals surface area contributed by atoms with Crippen molar-refractivity contribution in [2.24, 2.45) is 0 Å². The van der Waals surface area contributed by atoms with E-state index in [4.69, 9.17) is 0 Å². The van der Waals surface area contributed by atoms with Crippen LogP contribution in [0.1, 0.15) is 48.6 Å². The number of hydrogen-bond acceptors (Lipinski definition) is 2. The Hall–Kier alpha value is -7.00. The zero-order valence-electron chi connectivity index (χ0n) is 34.5. The largest absolute Gasteiger partial charge is 0.310 e. The fourth-order valence-electron chi connectivity index (χ4n) is 10.6. The van der Waals surface area contributed by atoms with Crippen LogP contribution < -0.4 is 4.90 Å². The van der Waals surface area contributed by atoms with Crippen molar-refractivity contribution >= 4 is 48.6 Å². The Labute approximate surface area is 361 Å². The first-order valence-corrected chi connectivity index (χ1v) is 22.2. The SMILES string of the molecule is CC1(C)c2ccccc2-c2ccc(N(c3ccc(-c4ccc5c(c4)sc4ccccc45)cc3)c3ccc4c(c3)C(C)(c3ccccc3)c3cccc(-c5ccccc5)c3-4)cc21. The number of thiophene rings is 1. The molecule has 1 aromatic heterocycles. The number of rotatable bonds is 6. The van der Waals surface area contributed by atoms with E-state index in [0.717, 1.165) is 17.1 Å².